The van der Waals surface area contributed by atoms with E-state index >= 15 is 0 Å². The van der Waals surface area contributed by atoms with Gasteiger partial charge in [0, 0.05) is 12.8 Å². The molecule has 14 nitrogen and oxygen atoms in total. The predicted molar refractivity (Wildman–Crippen MR) is 231 cm³/mol. The lowest BCUT2D eigenvalue weighted by Crippen LogP contribution is -2.64. The number of phosphoric ester groups is 1. The maximum absolute atomic E-state index is 12.8. The third-order valence-corrected chi connectivity index (χ3v) is 10.6. The fourth-order valence-electron chi connectivity index (χ4n) is 6.01. The van der Waals surface area contributed by atoms with Crippen LogP contribution in [0.4, 0.5) is 0 Å². The van der Waals surface area contributed by atoms with Crippen LogP contribution in [0.15, 0.2) is 72.9 Å². The van der Waals surface area contributed by atoms with Crippen molar-refractivity contribution in [3.63, 3.8) is 0 Å². The summed E-state index contributed by atoms with van der Waals surface area (Å²) in [5.41, 5.74) is 0. The van der Waals surface area contributed by atoms with Gasteiger partial charge in [0.25, 0.3) is 0 Å². The van der Waals surface area contributed by atoms with Crippen LogP contribution in [0.3, 0.4) is 0 Å². The van der Waals surface area contributed by atoms with Crippen molar-refractivity contribution < 1.29 is 68.2 Å². The summed E-state index contributed by atoms with van der Waals surface area (Å²) in [4.78, 5) is 35.6. The van der Waals surface area contributed by atoms with E-state index in [-0.39, 0.29) is 25.7 Å². The topological polar surface area (TPSA) is 230 Å². The molecule has 7 N–H and O–H groups in total. The fourth-order valence-corrected chi connectivity index (χ4v) is 6.99. The minimum absolute atomic E-state index is 0.0361. The molecule has 1 aliphatic carbocycles. The monoisotopic (exact) mass is 870 g/mol. The Morgan fingerprint density at radius 3 is 1.77 bits per heavy atom. The molecule has 0 saturated heterocycles. The normalized spacial score (nSPS) is 23.4. The molecule has 15 heteroatoms. The van der Waals surface area contributed by atoms with E-state index in [1.807, 2.05) is 12.2 Å². The minimum Gasteiger partial charge on any atom is -0.462 e. The van der Waals surface area contributed by atoms with Crippen LogP contribution in [0.25, 0.3) is 0 Å². The van der Waals surface area contributed by atoms with E-state index < -0.39 is 81.8 Å². The largest absolute Gasteiger partial charge is 0.472 e. The van der Waals surface area contributed by atoms with Crippen molar-refractivity contribution in [2.24, 2.45) is 0 Å². The molecule has 0 spiro atoms. The number of hydrogen-bond acceptors (Lipinski definition) is 13. The van der Waals surface area contributed by atoms with E-state index in [1.165, 1.54) is 19.3 Å². The van der Waals surface area contributed by atoms with Crippen LogP contribution in [-0.2, 0) is 32.7 Å². The zero-order valence-electron chi connectivity index (χ0n) is 35.8. The van der Waals surface area contributed by atoms with E-state index in [2.05, 4.69) is 62.5 Å². The van der Waals surface area contributed by atoms with Crippen molar-refractivity contribution in [1.82, 2.24) is 0 Å². The third-order valence-electron chi connectivity index (χ3n) is 9.61. The molecule has 3 unspecified atom stereocenters. The van der Waals surface area contributed by atoms with Gasteiger partial charge in [-0.1, -0.05) is 125 Å². The molecule has 0 aromatic heterocycles. The van der Waals surface area contributed by atoms with Crippen LogP contribution >= 0.6 is 7.82 Å². The molecule has 0 heterocycles. The quantitative estimate of drug-likeness (QED) is 0.0115. The van der Waals surface area contributed by atoms with Gasteiger partial charge in [0.05, 0.1) is 12.7 Å². The molecule has 344 valence electrons. The number of carbonyl (C=O) groups excluding carboxylic acids is 2. The summed E-state index contributed by atoms with van der Waals surface area (Å²) in [6.07, 6.45) is 25.6. The Hall–Kier alpha value is -2.75. The standard InChI is InChI=1S/C45H75O14P/c1-3-5-7-9-11-13-15-17-19-21-23-25-27-30-36(46)31-29-33-38(47)56-34-37(35-57-60(54,55)59-45-43(52)41(50)40(49)42(51)44(45)53)58-39(48)32-28-26-24-22-20-18-16-14-12-10-8-6-4-2/h8,10-11,13-14,16-17,19,23,25,27,30,36-37,40-46,49-53H,3-7,9,12,15,18,20-22,24,26,28-29,31-35H2,1-2H3,(H,54,55)/b10-8-,13-11-,16-14-,19-17-,25-23-,30-27+/t36-,37-,40?,41-,42+,43-,44-,45?/m1/s1. The van der Waals surface area contributed by atoms with Crippen molar-refractivity contribution in [1.29, 1.82) is 0 Å². The molecule has 1 aliphatic rings. The Kier molecular flexibility index (Phi) is 32.0. The fraction of sp³-hybridized carbons (Fsp3) is 0.689. The van der Waals surface area contributed by atoms with E-state index in [0.29, 0.717) is 6.42 Å². The number of carbonyl (C=O) groups is 2. The molecule has 0 radical (unpaired) electrons. The van der Waals surface area contributed by atoms with Crippen molar-refractivity contribution in [2.45, 2.75) is 185 Å². The van der Waals surface area contributed by atoms with Gasteiger partial charge in [0.15, 0.2) is 6.10 Å². The van der Waals surface area contributed by atoms with Gasteiger partial charge >= 0.3 is 19.8 Å². The first-order valence-electron chi connectivity index (χ1n) is 21.8. The highest BCUT2D eigenvalue weighted by Gasteiger charge is 2.51. The van der Waals surface area contributed by atoms with Gasteiger partial charge in [0.1, 0.15) is 43.2 Å². The Labute approximate surface area is 358 Å². The van der Waals surface area contributed by atoms with Crippen LogP contribution < -0.4 is 0 Å². The number of unbranched alkanes of at least 4 members (excludes halogenated alkanes) is 9. The van der Waals surface area contributed by atoms with Crippen molar-refractivity contribution in [3.8, 4) is 0 Å². The maximum Gasteiger partial charge on any atom is 0.472 e. The molecule has 1 rings (SSSR count). The second-order valence-electron chi connectivity index (χ2n) is 15.0. The second-order valence-corrected chi connectivity index (χ2v) is 16.4. The molecule has 0 aromatic carbocycles. The number of rotatable bonds is 34. The van der Waals surface area contributed by atoms with Gasteiger partial charge in [-0.2, -0.15) is 0 Å². The first-order chi connectivity index (χ1) is 28.8. The van der Waals surface area contributed by atoms with E-state index in [1.54, 1.807) is 12.2 Å². The highest BCUT2D eigenvalue weighted by Crippen LogP contribution is 2.47. The number of aliphatic hydroxyl groups excluding tert-OH is 6. The smallest absolute Gasteiger partial charge is 0.462 e. The lowest BCUT2D eigenvalue weighted by atomic mass is 9.85. The number of aliphatic hydroxyl groups is 6. The summed E-state index contributed by atoms with van der Waals surface area (Å²) in [5.74, 6) is -1.33. The molecule has 0 bridgehead atoms. The Morgan fingerprint density at radius 2 is 1.13 bits per heavy atom. The number of phosphoric acid groups is 1. The zero-order chi connectivity index (χ0) is 44.4. The average Bonchev–Trinajstić information content (AvgIpc) is 3.22. The lowest BCUT2D eigenvalue weighted by molar-refractivity contribution is -0.220. The van der Waals surface area contributed by atoms with Crippen molar-refractivity contribution in [2.75, 3.05) is 13.2 Å². The maximum atomic E-state index is 12.8. The van der Waals surface area contributed by atoms with E-state index in [0.717, 1.165) is 70.6 Å². The van der Waals surface area contributed by atoms with Crippen LogP contribution in [-0.4, -0.2) is 110 Å². The molecule has 0 amide bonds. The van der Waals surface area contributed by atoms with E-state index in [9.17, 15) is 49.7 Å². The molecular weight excluding hydrogens is 795 g/mol. The summed E-state index contributed by atoms with van der Waals surface area (Å²) in [7, 11) is -5.17. The van der Waals surface area contributed by atoms with Gasteiger partial charge in [-0.15, -0.1) is 0 Å². The Bertz CT molecular complexity index is 1340. The van der Waals surface area contributed by atoms with Crippen LogP contribution in [0.5, 0.6) is 0 Å². The van der Waals surface area contributed by atoms with Gasteiger partial charge in [-0.25, -0.2) is 4.57 Å². The van der Waals surface area contributed by atoms with Crippen LogP contribution in [0.2, 0.25) is 0 Å². The summed E-state index contributed by atoms with van der Waals surface area (Å²) in [6, 6.07) is 0. The molecular formula is C45H75O14P. The SMILES string of the molecule is CCC/C=C\C/C=C\CCCCCCCC(=O)O[C@H](COC(=O)CCC[C@H](O)/C=C/C=C\C/C=C\C/C=C\CCCCC)COP(=O)(O)OC1[C@H](O)[C@H](O)C(O)[C@H](O)[C@H]1O. The van der Waals surface area contributed by atoms with Gasteiger partial charge < -0.3 is 45.0 Å². The highest BCUT2D eigenvalue weighted by atomic mass is 31.2. The number of allylic oxidation sites excluding steroid dienone is 11. The van der Waals surface area contributed by atoms with Crippen LogP contribution in [0, 0.1) is 0 Å². The Balaban J connectivity index is 2.59. The molecule has 9 atom stereocenters. The highest BCUT2D eigenvalue weighted by molar-refractivity contribution is 7.47. The average molecular weight is 871 g/mol. The minimum atomic E-state index is -5.17. The number of ether oxygens (including phenoxy) is 2. The summed E-state index contributed by atoms with van der Waals surface area (Å²) < 4.78 is 33.3. The lowest BCUT2D eigenvalue weighted by Gasteiger charge is -2.41. The van der Waals surface area contributed by atoms with Crippen molar-refractivity contribution in [3.05, 3.63) is 72.9 Å². The molecule has 0 aliphatic heterocycles. The summed E-state index contributed by atoms with van der Waals surface area (Å²) in [6.45, 7) is 3.00. The summed E-state index contributed by atoms with van der Waals surface area (Å²) in [5, 5.41) is 60.3. The van der Waals surface area contributed by atoms with Gasteiger partial charge in [0.2, 0.25) is 0 Å². The molecule has 1 fully saturated rings. The zero-order valence-corrected chi connectivity index (χ0v) is 36.7. The van der Waals surface area contributed by atoms with Gasteiger partial charge in [-0.3, -0.25) is 18.6 Å². The molecule has 60 heavy (non-hydrogen) atoms. The first kappa shape index (κ1) is 55.3. The molecule has 1 saturated carbocycles. The predicted octanol–water partition coefficient (Wildman–Crippen LogP) is 6.91. The van der Waals surface area contributed by atoms with Crippen molar-refractivity contribution >= 4 is 19.8 Å². The summed E-state index contributed by atoms with van der Waals surface area (Å²) >= 11 is 0. The Morgan fingerprint density at radius 1 is 0.600 bits per heavy atom. The molecule has 0 aromatic rings. The van der Waals surface area contributed by atoms with Gasteiger partial charge in [-0.05, 0) is 70.6 Å². The number of esters is 2. The second kappa shape index (κ2) is 34.8. The first-order valence-corrected chi connectivity index (χ1v) is 23.3. The van der Waals surface area contributed by atoms with Crippen LogP contribution in [0.1, 0.15) is 136 Å². The third kappa shape index (κ3) is 27.2. The number of hydrogen-bond donors (Lipinski definition) is 7. The van der Waals surface area contributed by atoms with E-state index in [4.69, 9.17) is 18.5 Å².